The van der Waals surface area contributed by atoms with Gasteiger partial charge in [-0.25, -0.2) is 4.39 Å². The normalized spacial score (nSPS) is 11.0. The Morgan fingerprint density at radius 2 is 1.69 bits per heavy atom. The van der Waals surface area contributed by atoms with Crippen molar-refractivity contribution in [2.75, 3.05) is 11.9 Å². The van der Waals surface area contributed by atoms with Gasteiger partial charge in [0.15, 0.2) is 5.76 Å². The average molecular weight is 419 g/mol. The van der Waals surface area contributed by atoms with Gasteiger partial charge in [-0.05, 0) is 49.2 Å². The third-order valence-corrected chi connectivity index (χ3v) is 4.70. The quantitative estimate of drug-likeness (QED) is 0.336. The van der Waals surface area contributed by atoms with Gasteiger partial charge in [0, 0.05) is 10.9 Å². The number of alkyl halides is 1. The summed E-state index contributed by atoms with van der Waals surface area (Å²) in [5.41, 5.74) is 0.900. The molecular weight excluding hydrogens is 399 g/mol. The van der Waals surface area contributed by atoms with Gasteiger partial charge in [-0.1, -0.05) is 40.9 Å². The van der Waals surface area contributed by atoms with Crippen molar-refractivity contribution >= 4 is 26.9 Å². The molecule has 3 aromatic rings. The fraction of sp³-hybridized carbons (Fsp3) is 0.286. The van der Waals surface area contributed by atoms with Crippen molar-refractivity contribution in [3.05, 3.63) is 64.6 Å². The van der Waals surface area contributed by atoms with Gasteiger partial charge in [-0.2, -0.15) is 0 Å². The Balaban J connectivity index is 1.93. The largest absolute Gasteiger partial charge is 0.486 e. The maximum absolute atomic E-state index is 13.3. The maximum atomic E-state index is 13.3. The zero-order chi connectivity index (χ0) is 18.4. The third kappa shape index (κ3) is 4.33. The molecule has 0 spiro atoms. The first-order chi connectivity index (χ1) is 12.7. The van der Waals surface area contributed by atoms with Crippen LogP contribution in [0.2, 0.25) is 0 Å². The number of halogens is 2. The van der Waals surface area contributed by atoms with Gasteiger partial charge >= 0.3 is 0 Å². The number of para-hydroxylation sites is 1. The van der Waals surface area contributed by atoms with Gasteiger partial charge in [-0.15, -0.1) is 0 Å². The number of fused-ring (bicyclic) bond motifs is 1. The number of hydrogen-bond donors (Lipinski definition) is 0. The van der Waals surface area contributed by atoms with Gasteiger partial charge in [0.1, 0.15) is 11.4 Å². The van der Waals surface area contributed by atoms with Crippen LogP contribution in [-0.4, -0.2) is 11.9 Å². The summed E-state index contributed by atoms with van der Waals surface area (Å²) < 4.78 is 25.0. The summed E-state index contributed by atoms with van der Waals surface area (Å²) in [6.07, 6.45) is 4.14. The molecule has 0 aliphatic rings. The summed E-state index contributed by atoms with van der Waals surface area (Å²) >= 11 is 3.42. The minimum atomic E-state index is -0.342. The fourth-order valence-corrected chi connectivity index (χ4v) is 3.17. The van der Waals surface area contributed by atoms with E-state index in [2.05, 4.69) is 15.9 Å². The molecule has 0 saturated heterocycles. The molecule has 0 bridgehead atoms. The van der Waals surface area contributed by atoms with E-state index in [4.69, 9.17) is 9.15 Å². The molecule has 136 valence electrons. The lowest BCUT2D eigenvalue weighted by Crippen LogP contribution is -2.11. The van der Waals surface area contributed by atoms with E-state index in [1.54, 1.807) is 30.3 Å². The summed E-state index contributed by atoms with van der Waals surface area (Å²) in [5, 5.41) is 1.48. The molecule has 0 fully saturated rings. The zero-order valence-electron chi connectivity index (χ0n) is 14.3. The Morgan fingerprint density at radius 3 is 2.46 bits per heavy atom. The fourth-order valence-electron chi connectivity index (χ4n) is 2.77. The molecule has 0 aliphatic heterocycles. The van der Waals surface area contributed by atoms with Crippen LogP contribution in [0.15, 0.2) is 57.7 Å². The molecule has 1 aromatic heterocycles. The van der Waals surface area contributed by atoms with Crippen molar-refractivity contribution in [1.82, 2.24) is 0 Å². The monoisotopic (exact) mass is 418 g/mol. The molecular formula is C21H20BrFO3. The lowest BCUT2D eigenvalue weighted by atomic mass is 10.1. The second kappa shape index (κ2) is 8.99. The minimum absolute atomic E-state index is 0.191. The van der Waals surface area contributed by atoms with E-state index >= 15 is 0 Å². The molecule has 0 radical (unpaired) electrons. The van der Waals surface area contributed by atoms with Crippen molar-refractivity contribution in [3.63, 3.8) is 0 Å². The van der Waals surface area contributed by atoms with Crippen LogP contribution in [0.4, 0.5) is 4.39 Å². The SMILES string of the molecule is O=c1c(OCCCCCCBr)c(-c2ccc(F)cc2)oc2ccccc12. The minimum Gasteiger partial charge on any atom is -0.486 e. The predicted octanol–water partition coefficient (Wildman–Crippen LogP) is 5.93. The molecule has 5 heteroatoms. The Kier molecular flexibility index (Phi) is 6.45. The van der Waals surface area contributed by atoms with Gasteiger partial charge in [0.05, 0.1) is 12.0 Å². The number of unbranched alkanes of at least 4 members (excludes halogenated alkanes) is 3. The van der Waals surface area contributed by atoms with Crippen LogP contribution >= 0.6 is 15.9 Å². The first-order valence-electron chi connectivity index (χ1n) is 8.71. The topological polar surface area (TPSA) is 39.4 Å². The molecule has 3 rings (SSSR count). The molecule has 1 heterocycles. The van der Waals surface area contributed by atoms with E-state index in [-0.39, 0.29) is 17.0 Å². The smallest absolute Gasteiger partial charge is 0.235 e. The number of rotatable bonds is 8. The van der Waals surface area contributed by atoms with Crippen LogP contribution in [-0.2, 0) is 0 Å². The second-order valence-corrected chi connectivity index (χ2v) is 6.84. The van der Waals surface area contributed by atoms with E-state index < -0.39 is 0 Å². The highest BCUT2D eigenvalue weighted by atomic mass is 79.9. The van der Waals surface area contributed by atoms with Gasteiger partial charge in [0.2, 0.25) is 11.2 Å². The first kappa shape index (κ1) is 18.6. The van der Waals surface area contributed by atoms with Gasteiger partial charge < -0.3 is 9.15 Å². The van der Waals surface area contributed by atoms with Crippen molar-refractivity contribution < 1.29 is 13.5 Å². The Bertz CT molecular complexity index is 919. The molecule has 0 unspecified atom stereocenters. The molecule has 0 atom stereocenters. The van der Waals surface area contributed by atoms with Gasteiger partial charge in [-0.3, -0.25) is 4.79 Å². The Morgan fingerprint density at radius 1 is 0.962 bits per heavy atom. The Labute approximate surface area is 159 Å². The van der Waals surface area contributed by atoms with E-state index in [1.807, 2.05) is 6.07 Å². The van der Waals surface area contributed by atoms with E-state index in [1.165, 1.54) is 12.1 Å². The summed E-state index contributed by atoms with van der Waals surface area (Å²) in [4.78, 5) is 12.9. The molecule has 0 amide bonds. The van der Waals surface area contributed by atoms with Crippen LogP contribution in [0.1, 0.15) is 25.7 Å². The van der Waals surface area contributed by atoms with Crippen molar-refractivity contribution in [1.29, 1.82) is 0 Å². The van der Waals surface area contributed by atoms with Crippen molar-refractivity contribution in [2.24, 2.45) is 0 Å². The lowest BCUT2D eigenvalue weighted by Gasteiger charge is -2.11. The predicted molar refractivity (Wildman–Crippen MR) is 106 cm³/mol. The van der Waals surface area contributed by atoms with Crippen molar-refractivity contribution in [3.8, 4) is 17.1 Å². The highest BCUT2D eigenvalue weighted by Gasteiger charge is 2.17. The summed E-state index contributed by atoms with van der Waals surface area (Å²) in [5.74, 6) is 0.191. The van der Waals surface area contributed by atoms with Crippen LogP contribution in [0.5, 0.6) is 5.75 Å². The number of ether oxygens (including phenoxy) is 1. The van der Waals surface area contributed by atoms with E-state index in [0.29, 0.717) is 28.9 Å². The lowest BCUT2D eigenvalue weighted by molar-refractivity contribution is 0.297. The molecule has 3 nitrogen and oxygen atoms in total. The Hall–Kier alpha value is -2.14. The highest BCUT2D eigenvalue weighted by molar-refractivity contribution is 9.09. The second-order valence-electron chi connectivity index (χ2n) is 6.04. The molecule has 26 heavy (non-hydrogen) atoms. The maximum Gasteiger partial charge on any atom is 0.235 e. The van der Waals surface area contributed by atoms with Crippen LogP contribution in [0, 0.1) is 5.82 Å². The third-order valence-electron chi connectivity index (χ3n) is 4.14. The summed E-state index contributed by atoms with van der Waals surface area (Å²) in [7, 11) is 0. The van der Waals surface area contributed by atoms with Gasteiger partial charge in [0.25, 0.3) is 0 Å². The van der Waals surface area contributed by atoms with Crippen LogP contribution in [0.3, 0.4) is 0 Å². The molecule has 0 N–H and O–H groups in total. The average Bonchev–Trinajstić information content (AvgIpc) is 2.66. The highest BCUT2D eigenvalue weighted by Crippen LogP contribution is 2.31. The molecule has 0 aliphatic carbocycles. The first-order valence-corrected chi connectivity index (χ1v) is 9.83. The van der Waals surface area contributed by atoms with Crippen molar-refractivity contribution in [2.45, 2.75) is 25.7 Å². The molecule has 0 saturated carbocycles. The van der Waals surface area contributed by atoms with E-state index in [9.17, 15) is 9.18 Å². The zero-order valence-corrected chi connectivity index (χ0v) is 15.9. The number of benzene rings is 2. The molecule has 2 aromatic carbocycles. The summed E-state index contributed by atoms with van der Waals surface area (Å²) in [6.45, 7) is 0.444. The van der Waals surface area contributed by atoms with Crippen LogP contribution in [0.25, 0.3) is 22.3 Å². The van der Waals surface area contributed by atoms with E-state index in [0.717, 1.165) is 31.0 Å². The summed E-state index contributed by atoms with van der Waals surface area (Å²) in [6, 6.07) is 12.9. The van der Waals surface area contributed by atoms with Crippen LogP contribution < -0.4 is 10.2 Å². The standard InChI is InChI=1S/C21H20BrFO3/c22-13-5-1-2-6-14-25-21-19(24)17-7-3-4-8-18(17)26-20(21)15-9-11-16(23)12-10-15/h3-4,7-12H,1-2,5-6,13-14H2. The number of hydrogen-bond acceptors (Lipinski definition) is 3.